The van der Waals surface area contributed by atoms with E-state index in [1.54, 1.807) is 6.92 Å². The zero-order chi connectivity index (χ0) is 13.6. The minimum Gasteiger partial charge on any atom is -0.347 e. The number of rotatable bonds is 7. The van der Waals surface area contributed by atoms with Crippen LogP contribution in [0.15, 0.2) is 4.52 Å². The first kappa shape index (κ1) is 14.6. The second-order valence-electron chi connectivity index (χ2n) is 5.21. The van der Waals surface area contributed by atoms with Crippen LogP contribution in [0.25, 0.3) is 0 Å². The highest BCUT2D eigenvalue weighted by Gasteiger charge is 2.18. The molecule has 102 valence electrons. The molecule has 0 atom stereocenters. The van der Waals surface area contributed by atoms with Crippen LogP contribution >= 0.6 is 0 Å². The fourth-order valence-electron chi connectivity index (χ4n) is 1.64. The van der Waals surface area contributed by atoms with E-state index in [0.29, 0.717) is 24.7 Å². The van der Waals surface area contributed by atoms with Crippen LogP contribution < -0.4 is 11.1 Å². The van der Waals surface area contributed by atoms with Crippen molar-refractivity contribution in [2.75, 3.05) is 6.54 Å². The molecule has 6 heteroatoms. The van der Waals surface area contributed by atoms with Crippen molar-refractivity contribution in [2.24, 2.45) is 11.1 Å². The molecular formula is C12H22N4O2. The summed E-state index contributed by atoms with van der Waals surface area (Å²) in [5, 5.41) is 6.41. The van der Waals surface area contributed by atoms with E-state index in [1.165, 1.54) is 0 Å². The van der Waals surface area contributed by atoms with Gasteiger partial charge in [0.15, 0.2) is 5.82 Å². The normalized spacial score (nSPS) is 11.6. The van der Waals surface area contributed by atoms with Gasteiger partial charge < -0.3 is 15.6 Å². The number of carbonyl (C=O) groups is 1. The predicted octanol–water partition coefficient (Wildman–Crippen LogP) is 1.15. The molecule has 0 aliphatic heterocycles. The Balaban J connectivity index is 2.26. The Hall–Kier alpha value is -1.43. The molecule has 0 bridgehead atoms. The third-order valence-electron chi connectivity index (χ3n) is 2.86. The third-order valence-corrected chi connectivity index (χ3v) is 2.86. The average Bonchev–Trinajstić information content (AvgIpc) is 2.70. The summed E-state index contributed by atoms with van der Waals surface area (Å²) in [6.07, 6.45) is 2.22. The molecule has 1 amide bonds. The van der Waals surface area contributed by atoms with Crippen molar-refractivity contribution < 1.29 is 9.32 Å². The summed E-state index contributed by atoms with van der Waals surface area (Å²) >= 11 is 0. The van der Waals surface area contributed by atoms with Gasteiger partial charge in [-0.25, -0.2) is 0 Å². The Bertz CT molecular complexity index is 387. The van der Waals surface area contributed by atoms with Crippen molar-refractivity contribution in [3.05, 3.63) is 11.7 Å². The van der Waals surface area contributed by atoms with E-state index in [0.717, 1.165) is 12.8 Å². The van der Waals surface area contributed by atoms with Gasteiger partial charge in [0.2, 0.25) is 11.8 Å². The summed E-state index contributed by atoms with van der Waals surface area (Å²) in [6, 6.07) is 0. The lowest BCUT2D eigenvalue weighted by Crippen LogP contribution is -2.25. The molecule has 0 unspecified atom stereocenters. The van der Waals surface area contributed by atoms with Gasteiger partial charge in [-0.05, 0) is 31.7 Å². The number of aryl methyl sites for hydroxylation is 1. The number of nitrogens with two attached hydrogens (primary N) is 1. The van der Waals surface area contributed by atoms with Crippen LogP contribution in [0.1, 0.15) is 44.8 Å². The highest BCUT2D eigenvalue weighted by molar-refractivity contribution is 5.75. The first-order valence-corrected chi connectivity index (χ1v) is 6.19. The van der Waals surface area contributed by atoms with Crippen molar-refractivity contribution in [3.63, 3.8) is 0 Å². The van der Waals surface area contributed by atoms with Crippen molar-refractivity contribution in [1.82, 2.24) is 15.5 Å². The molecule has 0 saturated carbocycles. The summed E-state index contributed by atoms with van der Waals surface area (Å²) in [5.74, 6) is 1.00. The van der Waals surface area contributed by atoms with E-state index in [1.807, 2.05) is 0 Å². The smallest absolute Gasteiger partial charge is 0.246 e. The van der Waals surface area contributed by atoms with Crippen molar-refractivity contribution in [3.8, 4) is 0 Å². The van der Waals surface area contributed by atoms with Gasteiger partial charge in [0.1, 0.15) is 0 Å². The maximum absolute atomic E-state index is 11.6. The van der Waals surface area contributed by atoms with Crippen molar-refractivity contribution >= 4 is 5.91 Å². The molecule has 1 aromatic heterocycles. The zero-order valence-corrected chi connectivity index (χ0v) is 11.3. The maximum Gasteiger partial charge on any atom is 0.246 e. The van der Waals surface area contributed by atoms with Gasteiger partial charge in [0.05, 0.1) is 6.54 Å². The molecule has 18 heavy (non-hydrogen) atoms. The molecule has 0 radical (unpaired) electrons. The number of hydrogen-bond donors (Lipinski definition) is 2. The molecule has 3 N–H and O–H groups in total. The molecular weight excluding hydrogens is 232 g/mol. The number of nitrogens with one attached hydrogen (secondary N) is 1. The van der Waals surface area contributed by atoms with Crippen LogP contribution in [0.3, 0.4) is 0 Å². The Morgan fingerprint density at radius 2 is 2.17 bits per heavy atom. The van der Waals surface area contributed by atoms with Crippen LogP contribution in [0.5, 0.6) is 0 Å². The SMILES string of the molecule is Cc1noc(CNC(=O)CCC(C)(C)CCN)n1. The van der Waals surface area contributed by atoms with E-state index in [4.69, 9.17) is 10.3 Å². The van der Waals surface area contributed by atoms with Gasteiger partial charge in [0.25, 0.3) is 0 Å². The molecule has 1 aromatic rings. The van der Waals surface area contributed by atoms with Gasteiger partial charge in [-0.1, -0.05) is 19.0 Å². The predicted molar refractivity (Wildman–Crippen MR) is 67.6 cm³/mol. The van der Waals surface area contributed by atoms with Gasteiger partial charge in [-0.3, -0.25) is 4.79 Å². The lowest BCUT2D eigenvalue weighted by Gasteiger charge is -2.23. The monoisotopic (exact) mass is 254 g/mol. The van der Waals surface area contributed by atoms with Gasteiger partial charge in [0, 0.05) is 6.42 Å². The van der Waals surface area contributed by atoms with Crippen LogP contribution in [-0.2, 0) is 11.3 Å². The minimum atomic E-state index is -0.00375. The first-order chi connectivity index (χ1) is 8.43. The Morgan fingerprint density at radius 1 is 1.44 bits per heavy atom. The van der Waals surface area contributed by atoms with Gasteiger partial charge in [-0.15, -0.1) is 0 Å². The molecule has 0 aliphatic rings. The standard InChI is InChI=1S/C12H22N4O2/c1-9-15-11(18-16-9)8-14-10(17)4-5-12(2,3)6-7-13/h4-8,13H2,1-3H3,(H,14,17). The Labute approximate surface area is 107 Å². The molecule has 1 heterocycles. The molecule has 0 aliphatic carbocycles. The van der Waals surface area contributed by atoms with Crippen LogP contribution in [0.4, 0.5) is 0 Å². The number of hydrogen-bond acceptors (Lipinski definition) is 5. The first-order valence-electron chi connectivity index (χ1n) is 6.19. The summed E-state index contributed by atoms with van der Waals surface area (Å²) in [4.78, 5) is 15.7. The second kappa shape index (κ2) is 6.49. The van der Waals surface area contributed by atoms with E-state index >= 15 is 0 Å². The van der Waals surface area contributed by atoms with E-state index in [2.05, 4.69) is 29.3 Å². The quantitative estimate of drug-likeness (QED) is 0.761. The average molecular weight is 254 g/mol. The molecule has 0 aromatic carbocycles. The summed E-state index contributed by atoms with van der Waals surface area (Å²) in [5.41, 5.74) is 5.63. The highest BCUT2D eigenvalue weighted by atomic mass is 16.5. The molecule has 1 rings (SSSR count). The lowest BCUT2D eigenvalue weighted by molar-refractivity contribution is -0.121. The molecule has 6 nitrogen and oxygen atoms in total. The summed E-state index contributed by atoms with van der Waals surface area (Å²) in [7, 11) is 0. The van der Waals surface area contributed by atoms with Crippen LogP contribution in [0.2, 0.25) is 0 Å². The number of amides is 1. The van der Waals surface area contributed by atoms with E-state index in [-0.39, 0.29) is 17.9 Å². The summed E-state index contributed by atoms with van der Waals surface area (Å²) in [6.45, 7) is 6.92. The zero-order valence-electron chi connectivity index (χ0n) is 11.3. The number of aromatic nitrogens is 2. The second-order valence-corrected chi connectivity index (χ2v) is 5.21. The number of carbonyl (C=O) groups excluding carboxylic acids is 1. The largest absolute Gasteiger partial charge is 0.347 e. The topological polar surface area (TPSA) is 94.0 Å². The Kier molecular flexibility index (Phi) is 5.27. The van der Waals surface area contributed by atoms with Crippen LogP contribution in [-0.4, -0.2) is 22.6 Å². The van der Waals surface area contributed by atoms with E-state index in [9.17, 15) is 4.79 Å². The van der Waals surface area contributed by atoms with E-state index < -0.39 is 0 Å². The third kappa shape index (κ3) is 5.27. The highest BCUT2D eigenvalue weighted by Crippen LogP contribution is 2.25. The van der Waals surface area contributed by atoms with Gasteiger partial charge >= 0.3 is 0 Å². The van der Waals surface area contributed by atoms with Crippen molar-refractivity contribution in [1.29, 1.82) is 0 Å². The Morgan fingerprint density at radius 3 is 2.72 bits per heavy atom. The van der Waals surface area contributed by atoms with Gasteiger partial charge in [-0.2, -0.15) is 4.98 Å². The fraction of sp³-hybridized carbons (Fsp3) is 0.750. The fourth-order valence-corrected chi connectivity index (χ4v) is 1.64. The minimum absolute atomic E-state index is 0.00375. The molecule has 0 saturated heterocycles. The molecule has 0 spiro atoms. The summed E-state index contributed by atoms with van der Waals surface area (Å²) < 4.78 is 4.91. The lowest BCUT2D eigenvalue weighted by atomic mass is 9.84. The number of nitrogens with zero attached hydrogens (tertiary/aromatic N) is 2. The maximum atomic E-state index is 11.6. The van der Waals surface area contributed by atoms with Crippen molar-refractivity contribution in [2.45, 2.75) is 46.6 Å². The van der Waals surface area contributed by atoms with Crippen LogP contribution in [0, 0.1) is 12.3 Å². The molecule has 0 fully saturated rings.